The SMILES string of the molecule is O=c1c2cc(Cl)ccc2sc2c(N3CCCCC3)nc3ccccc3c12. The Hall–Kier alpha value is -2.17. The number of fused-ring (bicyclic) bond motifs is 4. The molecule has 0 atom stereocenters. The van der Waals surface area contributed by atoms with Crippen molar-refractivity contribution in [3.05, 3.63) is 57.7 Å². The van der Waals surface area contributed by atoms with Gasteiger partial charge in [-0.3, -0.25) is 4.79 Å². The van der Waals surface area contributed by atoms with Crippen LogP contribution in [0.5, 0.6) is 0 Å². The van der Waals surface area contributed by atoms with Gasteiger partial charge in [-0.25, -0.2) is 4.98 Å². The monoisotopic (exact) mass is 380 g/mol. The van der Waals surface area contributed by atoms with Crippen LogP contribution >= 0.6 is 22.9 Å². The number of halogens is 1. The van der Waals surface area contributed by atoms with Gasteiger partial charge in [-0.2, -0.15) is 0 Å². The normalized spacial score (nSPS) is 15.2. The number of nitrogens with zero attached hydrogens (tertiary/aromatic N) is 2. The average Bonchev–Trinajstić information content (AvgIpc) is 2.68. The molecule has 4 aromatic rings. The number of aromatic nitrogens is 1. The van der Waals surface area contributed by atoms with E-state index in [0.29, 0.717) is 10.4 Å². The molecule has 5 rings (SSSR count). The van der Waals surface area contributed by atoms with Crippen molar-refractivity contribution in [2.45, 2.75) is 19.3 Å². The number of hydrogen-bond acceptors (Lipinski definition) is 4. The molecule has 1 aliphatic rings. The molecule has 2 aromatic carbocycles. The van der Waals surface area contributed by atoms with Crippen LogP contribution in [0.1, 0.15) is 19.3 Å². The molecule has 1 saturated heterocycles. The summed E-state index contributed by atoms with van der Waals surface area (Å²) >= 11 is 7.80. The highest BCUT2D eigenvalue weighted by atomic mass is 35.5. The predicted molar refractivity (Wildman–Crippen MR) is 112 cm³/mol. The first-order chi connectivity index (χ1) is 12.7. The van der Waals surface area contributed by atoms with E-state index in [4.69, 9.17) is 16.6 Å². The zero-order chi connectivity index (χ0) is 17.7. The largest absolute Gasteiger partial charge is 0.355 e. The highest BCUT2D eigenvalue weighted by Crippen LogP contribution is 2.36. The van der Waals surface area contributed by atoms with Gasteiger partial charge in [0.2, 0.25) is 0 Å². The lowest BCUT2D eigenvalue weighted by Crippen LogP contribution is -2.30. The van der Waals surface area contributed by atoms with Gasteiger partial charge in [-0.1, -0.05) is 29.8 Å². The Labute approximate surface area is 159 Å². The molecular formula is C21H17ClN2OS. The van der Waals surface area contributed by atoms with Crippen LogP contribution in [-0.4, -0.2) is 18.1 Å². The molecule has 2 aromatic heterocycles. The summed E-state index contributed by atoms with van der Waals surface area (Å²) < 4.78 is 1.95. The first kappa shape index (κ1) is 16.0. The molecule has 0 radical (unpaired) electrons. The smallest absolute Gasteiger partial charge is 0.196 e. The molecule has 3 heterocycles. The zero-order valence-corrected chi connectivity index (χ0v) is 15.7. The second-order valence-corrected chi connectivity index (χ2v) is 8.26. The molecule has 0 spiro atoms. The molecule has 1 fully saturated rings. The lowest BCUT2D eigenvalue weighted by Gasteiger charge is -2.28. The van der Waals surface area contributed by atoms with Crippen molar-refractivity contribution in [1.82, 2.24) is 4.98 Å². The fraction of sp³-hybridized carbons (Fsp3) is 0.238. The molecule has 130 valence electrons. The van der Waals surface area contributed by atoms with Crippen LogP contribution in [0.25, 0.3) is 31.1 Å². The van der Waals surface area contributed by atoms with Crippen molar-refractivity contribution in [3.8, 4) is 0 Å². The Morgan fingerprint density at radius 2 is 1.81 bits per heavy atom. The minimum absolute atomic E-state index is 0.0492. The van der Waals surface area contributed by atoms with Crippen LogP contribution in [0.2, 0.25) is 5.02 Å². The van der Waals surface area contributed by atoms with E-state index < -0.39 is 0 Å². The Bertz CT molecular complexity index is 1210. The fourth-order valence-electron chi connectivity index (χ4n) is 3.84. The van der Waals surface area contributed by atoms with Crippen LogP contribution in [0.3, 0.4) is 0 Å². The van der Waals surface area contributed by atoms with E-state index in [1.807, 2.05) is 36.4 Å². The summed E-state index contributed by atoms with van der Waals surface area (Å²) in [5.74, 6) is 0.956. The Balaban J connectivity index is 1.96. The second-order valence-electron chi connectivity index (χ2n) is 6.78. The number of piperidine rings is 1. The standard InChI is InChI=1S/C21H17ClN2OS/c22-13-8-9-17-15(12-13)19(25)18-14-6-2-3-7-16(14)23-21(20(18)26-17)24-10-4-1-5-11-24/h2-3,6-9,12H,1,4-5,10-11H2. The van der Waals surface area contributed by atoms with E-state index >= 15 is 0 Å². The van der Waals surface area contributed by atoms with Crippen LogP contribution in [0.4, 0.5) is 5.82 Å². The van der Waals surface area contributed by atoms with Gasteiger partial charge in [0.15, 0.2) is 5.43 Å². The van der Waals surface area contributed by atoms with Gasteiger partial charge < -0.3 is 4.90 Å². The van der Waals surface area contributed by atoms with Gasteiger partial charge in [0.05, 0.1) is 15.6 Å². The van der Waals surface area contributed by atoms with E-state index in [1.54, 1.807) is 17.4 Å². The van der Waals surface area contributed by atoms with Crippen molar-refractivity contribution in [1.29, 1.82) is 0 Å². The zero-order valence-electron chi connectivity index (χ0n) is 14.2. The van der Waals surface area contributed by atoms with E-state index in [1.165, 1.54) is 19.3 Å². The van der Waals surface area contributed by atoms with Crippen molar-refractivity contribution < 1.29 is 0 Å². The first-order valence-electron chi connectivity index (χ1n) is 8.92. The Morgan fingerprint density at radius 1 is 1.00 bits per heavy atom. The molecule has 1 aliphatic heterocycles. The van der Waals surface area contributed by atoms with Crippen LogP contribution in [0, 0.1) is 0 Å². The maximum absolute atomic E-state index is 13.4. The summed E-state index contributed by atoms with van der Waals surface area (Å²) in [6.07, 6.45) is 3.61. The van der Waals surface area contributed by atoms with Gasteiger partial charge in [-0.05, 0) is 43.5 Å². The number of anilines is 1. The average molecular weight is 381 g/mol. The Kier molecular flexibility index (Phi) is 3.84. The second kappa shape index (κ2) is 6.22. The third-order valence-electron chi connectivity index (χ3n) is 5.11. The fourth-order valence-corrected chi connectivity index (χ4v) is 5.20. The molecule has 0 amide bonds. The minimum Gasteiger partial charge on any atom is -0.355 e. The van der Waals surface area contributed by atoms with Crippen molar-refractivity contribution in [3.63, 3.8) is 0 Å². The van der Waals surface area contributed by atoms with Gasteiger partial charge in [0, 0.05) is 33.6 Å². The molecule has 0 saturated carbocycles. The van der Waals surface area contributed by atoms with Crippen molar-refractivity contribution in [2.24, 2.45) is 0 Å². The summed E-state index contributed by atoms with van der Waals surface area (Å²) in [6, 6.07) is 13.5. The quantitative estimate of drug-likeness (QED) is 0.318. The van der Waals surface area contributed by atoms with Gasteiger partial charge >= 0.3 is 0 Å². The lowest BCUT2D eigenvalue weighted by atomic mass is 10.1. The van der Waals surface area contributed by atoms with E-state index in [0.717, 1.165) is 44.6 Å². The molecular weight excluding hydrogens is 364 g/mol. The summed E-state index contributed by atoms with van der Waals surface area (Å²) in [5, 5.41) is 2.98. The van der Waals surface area contributed by atoms with Gasteiger partial charge in [0.25, 0.3) is 0 Å². The molecule has 26 heavy (non-hydrogen) atoms. The molecule has 0 N–H and O–H groups in total. The molecule has 0 unspecified atom stereocenters. The Morgan fingerprint density at radius 3 is 2.65 bits per heavy atom. The van der Waals surface area contributed by atoms with Gasteiger partial charge in [0.1, 0.15) is 5.82 Å². The predicted octanol–water partition coefficient (Wildman–Crippen LogP) is 5.61. The maximum atomic E-state index is 13.4. The number of pyridine rings is 1. The summed E-state index contributed by atoms with van der Waals surface area (Å²) in [5.41, 5.74) is 0.930. The summed E-state index contributed by atoms with van der Waals surface area (Å²) in [7, 11) is 0. The molecule has 3 nitrogen and oxygen atoms in total. The molecule has 0 bridgehead atoms. The van der Waals surface area contributed by atoms with E-state index in [2.05, 4.69) is 4.90 Å². The number of para-hydroxylation sites is 1. The summed E-state index contributed by atoms with van der Waals surface area (Å²) in [4.78, 5) is 20.7. The van der Waals surface area contributed by atoms with Crippen LogP contribution in [-0.2, 0) is 0 Å². The third-order valence-corrected chi connectivity index (χ3v) is 6.51. The number of rotatable bonds is 1. The van der Waals surface area contributed by atoms with Crippen LogP contribution < -0.4 is 10.3 Å². The van der Waals surface area contributed by atoms with Gasteiger partial charge in [-0.15, -0.1) is 11.3 Å². The van der Waals surface area contributed by atoms with E-state index in [9.17, 15) is 4.79 Å². The number of hydrogen-bond donors (Lipinski definition) is 0. The van der Waals surface area contributed by atoms with Crippen molar-refractivity contribution in [2.75, 3.05) is 18.0 Å². The third kappa shape index (κ3) is 2.48. The number of benzene rings is 2. The molecule has 0 aliphatic carbocycles. The maximum Gasteiger partial charge on any atom is 0.196 e. The lowest BCUT2D eigenvalue weighted by molar-refractivity contribution is 0.575. The van der Waals surface area contributed by atoms with Crippen LogP contribution in [0.15, 0.2) is 47.3 Å². The van der Waals surface area contributed by atoms with E-state index in [-0.39, 0.29) is 5.43 Å². The topological polar surface area (TPSA) is 33.2 Å². The highest BCUT2D eigenvalue weighted by Gasteiger charge is 2.20. The minimum atomic E-state index is 0.0492. The first-order valence-corrected chi connectivity index (χ1v) is 10.1. The van der Waals surface area contributed by atoms with Crippen molar-refractivity contribution >= 4 is 59.8 Å². The highest BCUT2D eigenvalue weighted by molar-refractivity contribution is 7.25. The molecule has 5 heteroatoms. The summed E-state index contributed by atoms with van der Waals surface area (Å²) in [6.45, 7) is 2.00.